The summed E-state index contributed by atoms with van der Waals surface area (Å²) < 4.78 is 50.3. The molecule has 0 amide bonds. The predicted octanol–water partition coefficient (Wildman–Crippen LogP) is 2.98. The summed E-state index contributed by atoms with van der Waals surface area (Å²) in [6, 6.07) is 2.65. The normalized spacial score (nSPS) is 11.5. The predicted molar refractivity (Wildman–Crippen MR) is 45.8 cm³/mol. The van der Waals surface area contributed by atoms with E-state index in [9.17, 15) is 22.4 Å². The lowest BCUT2D eigenvalue weighted by molar-refractivity contribution is -0.138. The van der Waals surface area contributed by atoms with Crippen molar-refractivity contribution in [2.24, 2.45) is 0 Å². The first kappa shape index (κ1) is 11.7. The molecular weight excluding hydrogens is 212 g/mol. The van der Waals surface area contributed by atoms with E-state index >= 15 is 0 Å². The fourth-order valence-corrected chi connectivity index (χ4v) is 1.25. The highest BCUT2D eigenvalue weighted by Crippen LogP contribution is 2.33. The molecule has 0 bridgehead atoms. The average Bonchev–Trinajstić information content (AvgIpc) is 2.05. The number of alkyl halides is 3. The highest BCUT2D eigenvalue weighted by atomic mass is 19.4. The smallest absolute Gasteiger partial charge is 0.300 e. The first-order chi connectivity index (χ1) is 6.82. The molecule has 0 radical (unpaired) electrons. The van der Waals surface area contributed by atoms with E-state index in [0.29, 0.717) is 0 Å². The molecule has 0 saturated carbocycles. The number of halogens is 4. The van der Waals surface area contributed by atoms with Gasteiger partial charge in [0.2, 0.25) is 0 Å². The molecule has 0 unspecified atom stereocenters. The van der Waals surface area contributed by atoms with Gasteiger partial charge in [0.05, 0.1) is 5.56 Å². The number of hydrogen-bond acceptors (Lipinski definition) is 1. The minimum absolute atomic E-state index is 0.509. The summed E-state index contributed by atoms with van der Waals surface area (Å²) >= 11 is 0. The van der Waals surface area contributed by atoms with Gasteiger partial charge in [0, 0.05) is 12.0 Å². The second kappa shape index (κ2) is 4.00. The second-order valence-electron chi connectivity index (χ2n) is 3.14. The van der Waals surface area contributed by atoms with Gasteiger partial charge in [-0.05, 0) is 19.1 Å². The van der Waals surface area contributed by atoms with E-state index < -0.39 is 35.3 Å². The van der Waals surface area contributed by atoms with Crippen LogP contribution in [0, 0.1) is 5.82 Å². The van der Waals surface area contributed by atoms with Crippen LogP contribution in [0.3, 0.4) is 0 Å². The molecule has 1 nitrogen and oxygen atoms in total. The molecule has 0 fully saturated rings. The van der Waals surface area contributed by atoms with Gasteiger partial charge < -0.3 is 0 Å². The minimum Gasteiger partial charge on any atom is -0.300 e. The largest absolute Gasteiger partial charge is 0.416 e. The van der Waals surface area contributed by atoms with Crippen LogP contribution in [0.2, 0.25) is 0 Å². The van der Waals surface area contributed by atoms with Crippen LogP contribution in [-0.4, -0.2) is 5.78 Å². The molecule has 0 aromatic heterocycles. The van der Waals surface area contributed by atoms with Gasteiger partial charge in [0.15, 0.2) is 0 Å². The number of Topliss-reactive ketones (excluding diaryl/α,β-unsaturated/α-hetero) is 1. The summed E-state index contributed by atoms with van der Waals surface area (Å²) in [4.78, 5) is 10.7. The van der Waals surface area contributed by atoms with Gasteiger partial charge in [0.25, 0.3) is 0 Å². The summed E-state index contributed by atoms with van der Waals surface area (Å²) in [6.07, 6.45) is -5.17. The molecule has 0 spiro atoms. The van der Waals surface area contributed by atoms with Crippen molar-refractivity contribution in [2.75, 3.05) is 0 Å². The van der Waals surface area contributed by atoms with Crippen LogP contribution in [0.5, 0.6) is 0 Å². The molecule has 0 saturated heterocycles. The lowest BCUT2D eigenvalue weighted by Crippen LogP contribution is -2.13. The molecule has 82 valence electrons. The number of carbonyl (C=O) groups is 1. The summed E-state index contributed by atoms with van der Waals surface area (Å²) in [7, 11) is 0. The van der Waals surface area contributed by atoms with Crippen molar-refractivity contribution in [1.29, 1.82) is 0 Å². The third-order valence-electron chi connectivity index (χ3n) is 1.85. The zero-order valence-corrected chi connectivity index (χ0v) is 7.86. The maximum absolute atomic E-state index is 13.1. The monoisotopic (exact) mass is 220 g/mol. The standard InChI is InChI=1S/C10H8F4O/c1-6(15)5-7-8(10(12,13)14)3-2-4-9(7)11/h2-4H,5H2,1H3. The molecule has 1 aromatic carbocycles. The number of carbonyl (C=O) groups excluding carboxylic acids is 1. The Labute approximate surface area is 83.7 Å². The van der Waals surface area contributed by atoms with Crippen LogP contribution in [0.1, 0.15) is 18.1 Å². The highest BCUT2D eigenvalue weighted by molar-refractivity contribution is 5.78. The molecular formula is C10H8F4O. The molecule has 15 heavy (non-hydrogen) atoms. The lowest BCUT2D eigenvalue weighted by Gasteiger charge is -2.12. The maximum atomic E-state index is 13.1. The van der Waals surface area contributed by atoms with Gasteiger partial charge in [-0.3, -0.25) is 4.79 Å². The van der Waals surface area contributed by atoms with Crippen molar-refractivity contribution in [2.45, 2.75) is 19.5 Å². The molecule has 0 aliphatic heterocycles. The molecule has 0 aliphatic carbocycles. The maximum Gasteiger partial charge on any atom is 0.416 e. The van der Waals surface area contributed by atoms with E-state index in [2.05, 4.69) is 0 Å². The van der Waals surface area contributed by atoms with E-state index in [0.717, 1.165) is 25.1 Å². The van der Waals surface area contributed by atoms with Gasteiger partial charge in [0.1, 0.15) is 11.6 Å². The number of rotatable bonds is 2. The van der Waals surface area contributed by atoms with E-state index in [4.69, 9.17) is 0 Å². The van der Waals surface area contributed by atoms with E-state index in [1.54, 1.807) is 0 Å². The fraction of sp³-hybridized carbons (Fsp3) is 0.300. The molecule has 5 heteroatoms. The third-order valence-corrected chi connectivity index (χ3v) is 1.85. The Bertz CT molecular complexity index is 381. The van der Waals surface area contributed by atoms with Crippen LogP contribution in [0.15, 0.2) is 18.2 Å². The van der Waals surface area contributed by atoms with E-state index in [1.165, 1.54) is 0 Å². The Morgan fingerprint density at radius 1 is 1.33 bits per heavy atom. The summed E-state index contributed by atoms with van der Waals surface area (Å²) in [5.74, 6) is -1.51. The van der Waals surface area contributed by atoms with Gasteiger partial charge in [-0.25, -0.2) is 4.39 Å². The molecule has 1 rings (SSSR count). The Kier molecular flexibility index (Phi) is 3.12. The molecule has 0 heterocycles. The molecule has 1 aromatic rings. The first-order valence-corrected chi connectivity index (χ1v) is 4.16. The zero-order valence-electron chi connectivity index (χ0n) is 7.86. The SMILES string of the molecule is CC(=O)Cc1c(F)cccc1C(F)(F)F. The van der Waals surface area contributed by atoms with Crippen LogP contribution < -0.4 is 0 Å². The van der Waals surface area contributed by atoms with Crippen molar-refractivity contribution in [1.82, 2.24) is 0 Å². The molecule has 0 atom stereocenters. The van der Waals surface area contributed by atoms with Crippen molar-refractivity contribution in [3.05, 3.63) is 35.1 Å². The van der Waals surface area contributed by atoms with Gasteiger partial charge in [-0.2, -0.15) is 13.2 Å². The number of ketones is 1. The zero-order chi connectivity index (χ0) is 11.6. The van der Waals surface area contributed by atoms with E-state index in [-0.39, 0.29) is 0 Å². The van der Waals surface area contributed by atoms with Crippen LogP contribution in [-0.2, 0) is 17.4 Å². The quantitative estimate of drug-likeness (QED) is 0.700. The Morgan fingerprint density at radius 2 is 1.93 bits per heavy atom. The van der Waals surface area contributed by atoms with E-state index in [1.807, 2.05) is 0 Å². The first-order valence-electron chi connectivity index (χ1n) is 4.16. The minimum atomic E-state index is -4.63. The topological polar surface area (TPSA) is 17.1 Å². The Balaban J connectivity index is 3.26. The Hall–Kier alpha value is -1.39. The average molecular weight is 220 g/mol. The Morgan fingerprint density at radius 3 is 2.40 bits per heavy atom. The second-order valence-corrected chi connectivity index (χ2v) is 3.14. The van der Waals surface area contributed by atoms with Crippen molar-refractivity contribution in [3.63, 3.8) is 0 Å². The highest BCUT2D eigenvalue weighted by Gasteiger charge is 2.34. The molecule has 0 N–H and O–H groups in total. The van der Waals surface area contributed by atoms with Crippen molar-refractivity contribution in [3.8, 4) is 0 Å². The van der Waals surface area contributed by atoms with Crippen LogP contribution >= 0.6 is 0 Å². The number of benzene rings is 1. The summed E-state index contributed by atoms with van der Waals surface area (Å²) in [6.45, 7) is 1.12. The fourth-order valence-electron chi connectivity index (χ4n) is 1.25. The van der Waals surface area contributed by atoms with Gasteiger partial charge in [-0.15, -0.1) is 0 Å². The summed E-state index contributed by atoms with van der Waals surface area (Å²) in [5.41, 5.74) is -1.67. The van der Waals surface area contributed by atoms with Crippen LogP contribution in [0.4, 0.5) is 17.6 Å². The van der Waals surface area contributed by atoms with Crippen molar-refractivity contribution >= 4 is 5.78 Å². The van der Waals surface area contributed by atoms with Crippen molar-refractivity contribution < 1.29 is 22.4 Å². The van der Waals surface area contributed by atoms with Gasteiger partial charge in [-0.1, -0.05) is 6.07 Å². The van der Waals surface area contributed by atoms with Crippen LogP contribution in [0.25, 0.3) is 0 Å². The third kappa shape index (κ3) is 2.78. The van der Waals surface area contributed by atoms with Gasteiger partial charge >= 0.3 is 6.18 Å². The molecule has 0 aliphatic rings. The lowest BCUT2D eigenvalue weighted by atomic mass is 10.0. The number of hydrogen-bond donors (Lipinski definition) is 0. The summed E-state index contributed by atoms with van der Waals surface area (Å²) in [5, 5.41) is 0.